The molecule has 0 unspecified atom stereocenters. The smallest absolute Gasteiger partial charge is 0.134 e. The highest BCUT2D eigenvalue weighted by Crippen LogP contribution is 2.23. The SMILES string of the molecule is Cc1ccc(-c2ccc(CCl)o2)cc1. The van der Waals surface area contributed by atoms with E-state index in [0.717, 1.165) is 17.1 Å². The Balaban J connectivity index is 2.34. The molecule has 14 heavy (non-hydrogen) atoms. The van der Waals surface area contributed by atoms with Gasteiger partial charge < -0.3 is 4.42 Å². The molecule has 0 aliphatic heterocycles. The standard InChI is InChI=1S/C12H11ClO/c1-9-2-4-10(5-3-9)12-7-6-11(8-13)14-12/h2-7H,8H2,1H3. The molecule has 0 spiro atoms. The second-order valence-electron chi connectivity index (χ2n) is 3.27. The lowest BCUT2D eigenvalue weighted by molar-refractivity contribution is 0.543. The molecule has 2 heteroatoms. The van der Waals surface area contributed by atoms with Gasteiger partial charge in [0.2, 0.25) is 0 Å². The lowest BCUT2D eigenvalue weighted by Crippen LogP contribution is -1.74. The number of hydrogen-bond acceptors (Lipinski definition) is 1. The monoisotopic (exact) mass is 206 g/mol. The molecule has 0 saturated carbocycles. The van der Waals surface area contributed by atoms with Crippen LogP contribution in [0, 0.1) is 6.92 Å². The van der Waals surface area contributed by atoms with Crippen molar-refractivity contribution in [2.24, 2.45) is 0 Å². The Kier molecular flexibility index (Phi) is 2.60. The molecule has 1 heterocycles. The van der Waals surface area contributed by atoms with Gasteiger partial charge in [-0.15, -0.1) is 11.6 Å². The minimum absolute atomic E-state index is 0.422. The summed E-state index contributed by atoms with van der Waals surface area (Å²) in [6.07, 6.45) is 0. The molecule has 0 radical (unpaired) electrons. The number of rotatable bonds is 2. The summed E-state index contributed by atoms with van der Waals surface area (Å²) in [7, 11) is 0. The number of benzene rings is 1. The third kappa shape index (κ3) is 1.83. The van der Waals surface area contributed by atoms with Crippen LogP contribution < -0.4 is 0 Å². The molecule has 0 N–H and O–H groups in total. The summed E-state index contributed by atoms with van der Waals surface area (Å²) in [5.74, 6) is 2.11. The zero-order valence-electron chi connectivity index (χ0n) is 7.96. The van der Waals surface area contributed by atoms with Gasteiger partial charge in [0.1, 0.15) is 11.5 Å². The minimum Gasteiger partial charge on any atom is -0.460 e. The molecule has 0 aliphatic rings. The molecule has 0 aliphatic carbocycles. The van der Waals surface area contributed by atoms with E-state index < -0.39 is 0 Å². The van der Waals surface area contributed by atoms with Crippen LogP contribution in [0.1, 0.15) is 11.3 Å². The molecule has 2 rings (SSSR count). The van der Waals surface area contributed by atoms with Crippen LogP contribution in [0.3, 0.4) is 0 Å². The van der Waals surface area contributed by atoms with Crippen molar-refractivity contribution < 1.29 is 4.42 Å². The molecule has 0 atom stereocenters. The van der Waals surface area contributed by atoms with Crippen LogP contribution in [-0.2, 0) is 5.88 Å². The summed E-state index contributed by atoms with van der Waals surface area (Å²) >= 11 is 5.66. The summed E-state index contributed by atoms with van der Waals surface area (Å²) < 4.78 is 5.53. The van der Waals surface area contributed by atoms with Gasteiger partial charge >= 0.3 is 0 Å². The van der Waals surface area contributed by atoms with Gasteiger partial charge in [-0.05, 0) is 19.1 Å². The zero-order valence-corrected chi connectivity index (χ0v) is 8.71. The predicted octanol–water partition coefficient (Wildman–Crippen LogP) is 3.99. The molecule has 1 nitrogen and oxygen atoms in total. The van der Waals surface area contributed by atoms with Gasteiger partial charge in [0.15, 0.2) is 0 Å². The van der Waals surface area contributed by atoms with Crippen molar-refractivity contribution in [1.29, 1.82) is 0 Å². The van der Waals surface area contributed by atoms with Crippen LogP contribution >= 0.6 is 11.6 Å². The third-order valence-corrected chi connectivity index (χ3v) is 2.39. The van der Waals surface area contributed by atoms with Gasteiger partial charge in [0, 0.05) is 5.56 Å². The largest absolute Gasteiger partial charge is 0.460 e. The van der Waals surface area contributed by atoms with Gasteiger partial charge in [-0.2, -0.15) is 0 Å². The molecule has 0 fully saturated rings. The number of alkyl halides is 1. The van der Waals surface area contributed by atoms with Crippen LogP contribution in [0.15, 0.2) is 40.8 Å². The van der Waals surface area contributed by atoms with Gasteiger partial charge in [0.25, 0.3) is 0 Å². The Morgan fingerprint density at radius 1 is 1.07 bits per heavy atom. The fraction of sp³-hybridized carbons (Fsp3) is 0.167. The lowest BCUT2D eigenvalue weighted by Gasteiger charge is -1.97. The maximum Gasteiger partial charge on any atom is 0.134 e. The Bertz CT molecular complexity index is 414. The molecule has 72 valence electrons. The van der Waals surface area contributed by atoms with Crippen molar-refractivity contribution in [2.45, 2.75) is 12.8 Å². The first-order valence-corrected chi connectivity index (χ1v) is 5.05. The Labute approximate surface area is 88.3 Å². The van der Waals surface area contributed by atoms with Crippen LogP contribution in [0.25, 0.3) is 11.3 Å². The van der Waals surface area contributed by atoms with Gasteiger partial charge in [-0.25, -0.2) is 0 Å². The topological polar surface area (TPSA) is 13.1 Å². The van der Waals surface area contributed by atoms with E-state index in [2.05, 4.69) is 19.1 Å². The molecular formula is C12H11ClO. The van der Waals surface area contributed by atoms with E-state index >= 15 is 0 Å². The van der Waals surface area contributed by atoms with Crippen molar-refractivity contribution in [3.8, 4) is 11.3 Å². The van der Waals surface area contributed by atoms with Gasteiger partial charge in [-0.3, -0.25) is 0 Å². The Morgan fingerprint density at radius 3 is 2.36 bits per heavy atom. The van der Waals surface area contributed by atoms with Crippen LogP contribution in [0.2, 0.25) is 0 Å². The first-order chi connectivity index (χ1) is 6.79. The lowest BCUT2D eigenvalue weighted by atomic mass is 10.1. The summed E-state index contributed by atoms with van der Waals surface area (Å²) in [5.41, 5.74) is 2.34. The van der Waals surface area contributed by atoms with Crippen molar-refractivity contribution >= 4 is 11.6 Å². The molecule has 1 aromatic carbocycles. The second-order valence-corrected chi connectivity index (χ2v) is 3.53. The summed E-state index contributed by atoms with van der Waals surface area (Å²) in [4.78, 5) is 0. The van der Waals surface area contributed by atoms with Crippen molar-refractivity contribution in [3.05, 3.63) is 47.7 Å². The number of hydrogen-bond donors (Lipinski definition) is 0. The van der Waals surface area contributed by atoms with Crippen molar-refractivity contribution in [3.63, 3.8) is 0 Å². The highest BCUT2D eigenvalue weighted by atomic mass is 35.5. The summed E-state index contributed by atoms with van der Waals surface area (Å²) in [6, 6.07) is 12.1. The highest BCUT2D eigenvalue weighted by Gasteiger charge is 2.02. The molecule has 2 aromatic rings. The first-order valence-electron chi connectivity index (χ1n) is 4.51. The Hall–Kier alpha value is -1.21. The predicted molar refractivity (Wildman–Crippen MR) is 58.4 cm³/mol. The first kappa shape index (κ1) is 9.35. The number of aryl methyl sites for hydroxylation is 1. The molecular weight excluding hydrogens is 196 g/mol. The molecule has 0 amide bonds. The second kappa shape index (κ2) is 3.89. The van der Waals surface area contributed by atoms with Crippen LogP contribution in [0.5, 0.6) is 0 Å². The average Bonchev–Trinajstić information content (AvgIpc) is 2.67. The molecule has 0 saturated heterocycles. The fourth-order valence-electron chi connectivity index (χ4n) is 1.32. The average molecular weight is 207 g/mol. The van der Waals surface area contributed by atoms with Crippen molar-refractivity contribution in [1.82, 2.24) is 0 Å². The van der Waals surface area contributed by atoms with Gasteiger partial charge in [-0.1, -0.05) is 29.8 Å². The summed E-state index contributed by atoms with van der Waals surface area (Å²) in [5, 5.41) is 0. The number of furan rings is 1. The van der Waals surface area contributed by atoms with E-state index in [0.29, 0.717) is 5.88 Å². The maximum absolute atomic E-state index is 5.66. The van der Waals surface area contributed by atoms with E-state index in [1.165, 1.54) is 5.56 Å². The number of halogens is 1. The van der Waals surface area contributed by atoms with Crippen molar-refractivity contribution in [2.75, 3.05) is 0 Å². The van der Waals surface area contributed by atoms with E-state index in [4.69, 9.17) is 16.0 Å². The molecule has 1 aromatic heterocycles. The van der Waals surface area contributed by atoms with Gasteiger partial charge in [0.05, 0.1) is 5.88 Å². The van der Waals surface area contributed by atoms with E-state index in [-0.39, 0.29) is 0 Å². The quantitative estimate of drug-likeness (QED) is 0.678. The van der Waals surface area contributed by atoms with Crippen LogP contribution in [0.4, 0.5) is 0 Å². The zero-order chi connectivity index (χ0) is 9.97. The minimum atomic E-state index is 0.422. The van der Waals surface area contributed by atoms with E-state index in [1.54, 1.807) is 0 Å². The van der Waals surface area contributed by atoms with E-state index in [1.807, 2.05) is 24.3 Å². The van der Waals surface area contributed by atoms with Crippen LogP contribution in [-0.4, -0.2) is 0 Å². The maximum atomic E-state index is 5.66. The van der Waals surface area contributed by atoms with E-state index in [9.17, 15) is 0 Å². The highest BCUT2D eigenvalue weighted by molar-refractivity contribution is 6.16. The molecule has 0 bridgehead atoms. The fourth-order valence-corrected chi connectivity index (χ4v) is 1.47. The summed E-state index contributed by atoms with van der Waals surface area (Å²) in [6.45, 7) is 2.07. The third-order valence-electron chi connectivity index (χ3n) is 2.13. The Morgan fingerprint density at radius 2 is 1.79 bits per heavy atom. The normalized spacial score (nSPS) is 10.4.